The summed E-state index contributed by atoms with van der Waals surface area (Å²) in [6.45, 7) is 5.54. The van der Waals surface area contributed by atoms with Crippen LogP contribution in [0, 0.1) is 12.8 Å². The van der Waals surface area contributed by atoms with Crippen molar-refractivity contribution in [3.05, 3.63) is 53.9 Å². The van der Waals surface area contributed by atoms with Crippen molar-refractivity contribution >= 4 is 31.6 Å². The molecule has 1 aromatic carbocycles. The van der Waals surface area contributed by atoms with Gasteiger partial charge in [-0.05, 0) is 54.8 Å². The lowest BCUT2D eigenvalue weighted by Gasteiger charge is -2.23. The topological polar surface area (TPSA) is 105 Å². The van der Waals surface area contributed by atoms with Crippen LogP contribution in [0.15, 0.2) is 47.6 Å². The second-order valence-corrected chi connectivity index (χ2v) is 11.1. The van der Waals surface area contributed by atoms with E-state index >= 15 is 0 Å². The molecule has 1 aromatic heterocycles. The van der Waals surface area contributed by atoms with Gasteiger partial charge in [0.1, 0.15) is 0 Å². The fourth-order valence-corrected chi connectivity index (χ4v) is 6.99. The van der Waals surface area contributed by atoms with Crippen molar-refractivity contribution in [1.29, 1.82) is 0 Å². The van der Waals surface area contributed by atoms with Gasteiger partial charge in [0.2, 0.25) is 26.0 Å². The Bertz CT molecular complexity index is 1150. The van der Waals surface area contributed by atoms with E-state index < -0.39 is 31.9 Å². The molecule has 30 heavy (non-hydrogen) atoms. The highest BCUT2D eigenvalue weighted by Gasteiger charge is 2.42. The molecule has 0 N–H and O–H groups in total. The Morgan fingerprint density at radius 3 is 2.40 bits per heavy atom. The second kappa shape index (κ2) is 8.44. The van der Waals surface area contributed by atoms with Gasteiger partial charge in [-0.2, -0.15) is 4.31 Å². The molecule has 0 radical (unpaired) electrons. The number of anilines is 1. The lowest BCUT2D eigenvalue weighted by atomic mass is 10.2. The summed E-state index contributed by atoms with van der Waals surface area (Å²) >= 11 is 0. The summed E-state index contributed by atoms with van der Waals surface area (Å²) < 4.78 is 53.2. The molecule has 0 spiro atoms. The van der Waals surface area contributed by atoms with E-state index in [1.54, 1.807) is 33.2 Å². The Labute approximate surface area is 177 Å². The third-order valence-corrected chi connectivity index (χ3v) is 9.13. The molecule has 162 valence electrons. The van der Waals surface area contributed by atoms with Crippen LogP contribution in [0.2, 0.25) is 0 Å². The fourth-order valence-electron chi connectivity index (χ4n) is 3.53. The molecule has 3 rings (SSSR count). The number of rotatable bonds is 7. The van der Waals surface area contributed by atoms with Gasteiger partial charge in [0.25, 0.3) is 0 Å². The monoisotopic (exact) mass is 451 g/mol. The predicted molar refractivity (Wildman–Crippen MR) is 114 cm³/mol. The molecule has 0 unspecified atom stereocenters. The summed E-state index contributed by atoms with van der Waals surface area (Å²) in [4.78, 5) is 16.4. The Hall–Kier alpha value is -2.30. The molecular formula is C20H25N3O5S2. The van der Waals surface area contributed by atoms with Gasteiger partial charge in [-0.15, -0.1) is 0 Å². The van der Waals surface area contributed by atoms with Crippen molar-refractivity contribution in [2.45, 2.75) is 32.1 Å². The van der Waals surface area contributed by atoms with E-state index in [0.29, 0.717) is 25.1 Å². The first-order chi connectivity index (χ1) is 14.1. The third kappa shape index (κ3) is 4.26. The van der Waals surface area contributed by atoms with Crippen LogP contribution in [0.5, 0.6) is 0 Å². The Kier molecular flexibility index (Phi) is 6.30. The summed E-state index contributed by atoms with van der Waals surface area (Å²) in [5, 5.41) is 0. The smallest absolute Gasteiger partial charge is 0.244 e. The Balaban J connectivity index is 1.88. The Morgan fingerprint density at radius 2 is 1.87 bits per heavy atom. The maximum atomic E-state index is 13.2. The minimum atomic E-state index is -3.78. The first-order valence-corrected chi connectivity index (χ1v) is 12.7. The van der Waals surface area contributed by atoms with E-state index in [1.807, 2.05) is 12.1 Å². The van der Waals surface area contributed by atoms with Crippen LogP contribution in [0.4, 0.5) is 5.69 Å². The van der Waals surface area contributed by atoms with E-state index in [9.17, 15) is 21.6 Å². The maximum absolute atomic E-state index is 13.2. The highest BCUT2D eigenvalue weighted by molar-refractivity contribution is 7.94. The molecule has 1 atom stereocenters. The maximum Gasteiger partial charge on any atom is 0.244 e. The van der Waals surface area contributed by atoms with Gasteiger partial charge in [-0.1, -0.05) is 13.8 Å². The van der Waals surface area contributed by atoms with E-state index in [4.69, 9.17) is 0 Å². The summed E-state index contributed by atoms with van der Waals surface area (Å²) in [5.74, 6) is -1.37. The standard InChI is InChI=1S/C20H25N3O5S2/c1-4-22(12-9-17-7-10-21-11-8-17)30(27,28)19-6-5-18(13-15(19)2)23-20(24)16(3)14-29(23,25)26/h5-8,10-11,13,16H,4,9,12,14H2,1-3H3/t16-/m1/s1. The number of nitrogens with zero attached hydrogens (tertiary/aromatic N) is 3. The van der Waals surface area contributed by atoms with Crippen LogP contribution >= 0.6 is 0 Å². The zero-order valence-corrected chi connectivity index (χ0v) is 18.8. The molecule has 8 nitrogen and oxygen atoms in total. The van der Waals surface area contributed by atoms with Gasteiger partial charge in [0, 0.05) is 25.5 Å². The molecule has 1 saturated heterocycles. The van der Waals surface area contributed by atoms with Crippen LogP contribution in [0.3, 0.4) is 0 Å². The lowest BCUT2D eigenvalue weighted by Crippen LogP contribution is -2.33. The summed E-state index contributed by atoms with van der Waals surface area (Å²) in [5.41, 5.74) is 1.54. The quantitative estimate of drug-likeness (QED) is 0.637. The minimum Gasteiger partial charge on any atom is -0.273 e. The largest absolute Gasteiger partial charge is 0.273 e. The molecule has 0 aliphatic carbocycles. The van der Waals surface area contributed by atoms with E-state index in [0.717, 1.165) is 9.87 Å². The number of amides is 1. The average molecular weight is 452 g/mol. The normalized spacial score (nSPS) is 18.9. The van der Waals surface area contributed by atoms with Gasteiger partial charge < -0.3 is 0 Å². The van der Waals surface area contributed by atoms with Crippen LogP contribution in [-0.2, 0) is 31.3 Å². The number of hydrogen-bond donors (Lipinski definition) is 0. The number of sulfonamides is 2. The molecule has 1 aliphatic heterocycles. The second-order valence-electron chi connectivity index (χ2n) is 7.33. The van der Waals surface area contributed by atoms with Crippen LogP contribution in [-0.4, -0.2) is 50.9 Å². The summed E-state index contributed by atoms with van der Waals surface area (Å²) in [6.07, 6.45) is 3.88. The van der Waals surface area contributed by atoms with Gasteiger partial charge in [0.05, 0.1) is 22.3 Å². The number of carbonyl (C=O) groups is 1. The number of benzene rings is 1. The number of pyridine rings is 1. The first kappa shape index (κ1) is 22.4. The highest BCUT2D eigenvalue weighted by atomic mass is 32.2. The van der Waals surface area contributed by atoms with E-state index in [-0.39, 0.29) is 16.3 Å². The highest BCUT2D eigenvalue weighted by Crippen LogP contribution is 2.31. The zero-order valence-electron chi connectivity index (χ0n) is 17.1. The average Bonchev–Trinajstić information content (AvgIpc) is 2.89. The molecule has 10 heteroatoms. The van der Waals surface area contributed by atoms with Crippen molar-refractivity contribution in [2.75, 3.05) is 23.1 Å². The minimum absolute atomic E-state index is 0.0971. The fraction of sp³-hybridized carbons (Fsp3) is 0.400. The number of carbonyl (C=O) groups excluding carboxylic acids is 1. The molecule has 0 bridgehead atoms. The lowest BCUT2D eigenvalue weighted by molar-refractivity contribution is -0.119. The predicted octanol–water partition coefficient (Wildman–Crippen LogP) is 1.96. The van der Waals surface area contributed by atoms with Gasteiger partial charge >= 0.3 is 0 Å². The van der Waals surface area contributed by atoms with Crippen molar-refractivity contribution in [3.8, 4) is 0 Å². The summed E-state index contributed by atoms with van der Waals surface area (Å²) in [7, 11) is -7.53. The van der Waals surface area contributed by atoms with Gasteiger partial charge in [-0.25, -0.2) is 21.1 Å². The number of aryl methyl sites for hydroxylation is 1. The number of aromatic nitrogens is 1. The van der Waals surface area contributed by atoms with Crippen LogP contribution in [0.1, 0.15) is 25.0 Å². The van der Waals surface area contributed by atoms with E-state index in [1.165, 1.54) is 22.5 Å². The van der Waals surface area contributed by atoms with E-state index in [2.05, 4.69) is 4.98 Å². The molecule has 1 aliphatic rings. The molecule has 2 aromatic rings. The number of hydrogen-bond acceptors (Lipinski definition) is 6. The van der Waals surface area contributed by atoms with Gasteiger partial charge in [0.15, 0.2) is 0 Å². The molecule has 0 saturated carbocycles. The Morgan fingerprint density at radius 1 is 1.20 bits per heavy atom. The SMILES string of the molecule is CCN(CCc1ccncc1)S(=O)(=O)c1ccc(N2C(=O)[C@H](C)CS2(=O)=O)cc1C. The van der Waals surface area contributed by atoms with Crippen molar-refractivity contribution in [2.24, 2.45) is 5.92 Å². The molecule has 2 heterocycles. The molecule has 1 amide bonds. The van der Waals surface area contributed by atoms with Crippen molar-refractivity contribution < 1.29 is 21.6 Å². The number of likely N-dealkylation sites (N-methyl/N-ethyl adjacent to an activating group) is 1. The van der Waals surface area contributed by atoms with Crippen molar-refractivity contribution in [3.63, 3.8) is 0 Å². The summed E-state index contributed by atoms with van der Waals surface area (Å²) in [6, 6.07) is 7.88. The van der Waals surface area contributed by atoms with Gasteiger partial charge in [-0.3, -0.25) is 9.78 Å². The first-order valence-electron chi connectivity index (χ1n) is 9.64. The zero-order chi connectivity index (χ0) is 22.1. The molecule has 1 fully saturated rings. The van der Waals surface area contributed by atoms with Crippen LogP contribution in [0.25, 0.3) is 0 Å². The third-order valence-electron chi connectivity index (χ3n) is 5.12. The van der Waals surface area contributed by atoms with Crippen LogP contribution < -0.4 is 4.31 Å². The molecular weight excluding hydrogens is 426 g/mol. The van der Waals surface area contributed by atoms with Crippen molar-refractivity contribution in [1.82, 2.24) is 9.29 Å².